The van der Waals surface area contributed by atoms with Crippen LogP contribution in [-0.2, 0) is 4.79 Å². The molecule has 64 valence electrons. The van der Waals surface area contributed by atoms with Gasteiger partial charge in [0.25, 0.3) is 0 Å². The molecule has 0 aromatic heterocycles. The summed E-state index contributed by atoms with van der Waals surface area (Å²) in [6, 6.07) is -0.0871. The average Bonchev–Trinajstić information content (AvgIpc) is 2.05. The zero-order valence-electron chi connectivity index (χ0n) is 6.75. The van der Waals surface area contributed by atoms with Crippen LogP contribution in [-0.4, -0.2) is 41.4 Å². The van der Waals surface area contributed by atoms with Gasteiger partial charge in [-0.15, -0.1) is 0 Å². The fourth-order valence-corrected chi connectivity index (χ4v) is 2.08. The van der Waals surface area contributed by atoms with Crippen molar-refractivity contribution in [2.45, 2.75) is 13.0 Å². The lowest BCUT2D eigenvalue weighted by Crippen LogP contribution is -2.46. The Bertz CT molecular complexity index is 145. The van der Waals surface area contributed by atoms with E-state index >= 15 is 0 Å². The van der Waals surface area contributed by atoms with Gasteiger partial charge in [-0.3, -0.25) is 9.69 Å². The molecule has 0 aromatic rings. The van der Waals surface area contributed by atoms with Gasteiger partial charge < -0.3 is 5.73 Å². The second-order valence-electron chi connectivity index (χ2n) is 2.73. The molecule has 1 aliphatic rings. The van der Waals surface area contributed by atoms with Crippen molar-refractivity contribution in [3.8, 4) is 0 Å². The van der Waals surface area contributed by atoms with Crippen LogP contribution in [0.25, 0.3) is 0 Å². The molecule has 1 rings (SSSR count). The van der Waals surface area contributed by atoms with Crippen LogP contribution in [0.4, 0.5) is 0 Å². The van der Waals surface area contributed by atoms with Gasteiger partial charge in [0.15, 0.2) is 0 Å². The first kappa shape index (κ1) is 8.87. The van der Waals surface area contributed by atoms with Gasteiger partial charge in [0.05, 0.1) is 6.04 Å². The number of carbonyl (C=O) groups excluding carboxylic acids is 1. The van der Waals surface area contributed by atoms with Crippen molar-refractivity contribution in [3.05, 3.63) is 0 Å². The predicted octanol–water partition coefficient (Wildman–Crippen LogP) is -0.0910. The van der Waals surface area contributed by atoms with Gasteiger partial charge in [0, 0.05) is 24.6 Å². The molecule has 0 spiro atoms. The normalized spacial score (nSPS) is 23.0. The van der Waals surface area contributed by atoms with Crippen molar-refractivity contribution in [3.63, 3.8) is 0 Å². The number of primary amides is 1. The smallest absolute Gasteiger partial charge is 0.234 e. The van der Waals surface area contributed by atoms with Gasteiger partial charge in [-0.2, -0.15) is 11.8 Å². The molecular formula is C7H14N2OS. The quantitative estimate of drug-likeness (QED) is 0.636. The Balaban J connectivity index is 2.38. The van der Waals surface area contributed by atoms with Gasteiger partial charge in [-0.05, 0) is 6.92 Å². The second kappa shape index (κ2) is 3.97. The molecule has 3 nitrogen and oxygen atoms in total. The molecule has 1 fully saturated rings. The maximum atomic E-state index is 10.8. The fourth-order valence-electron chi connectivity index (χ4n) is 1.14. The molecular weight excluding hydrogens is 160 g/mol. The van der Waals surface area contributed by atoms with E-state index in [0.29, 0.717) is 0 Å². The minimum absolute atomic E-state index is 0.0871. The van der Waals surface area contributed by atoms with Crippen LogP contribution in [0.3, 0.4) is 0 Å². The Kier molecular flexibility index (Phi) is 3.20. The van der Waals surface area contributed by atoms with E-state index in [-0.39, 0.29) is 11.9 Å². The lowest BCUT2D eigenvalue weighted by molar-refractivity contribution is -0.122. The van der Waals surface area contributed by atoms with Crippen molar-refractivity contribution in [2.24, 2.45) is 5.73 Å². The topological polar surface area (TPSA) is 46.3 Å². The number of nitrogens with zero attached hydrogens (tertiary/aromatic N) is 1. The summed E-state index contributed by atoms with van der Waals surface area (Å²) in [6.07, 6.45) is 0. The minimum atomic E-state index is -0.211. The van der Waals surface area contributed by atoms with Crippen LogP contribution < -0.4 is 5.73 Å². The lowest BCUT2D eigenvalue weighted by Gasteiger charge is -2.29. The molecule has 0 bridgehead atoms. The monoisotopic (exact) mass is 174 g/mol. The van der Waals surface area contributed by atoms with Gasteiger partial charge in [-0.1, -0.05) is 0 Å². The molecule has 0 aliphatic carbocycles. The van der Waals surface area contributed by atoms with Crippen LogP contribution >= 0.6 is 11.8 Å². The second-order valence-corrected chi connectivity index (χ2v) is 3.95. The summed E-state index contributed by atoms with van der Waals surface area (Å²) in [5, 5.41) is 0. The van der Waals surface area contributed by atoms with Crippen molar-refractivity contribution in [1.29, 1.82) is 0 Å². The van der Waals surface area contributed by atoms with Crippen LogP contribution in [0.5, 0.6) is 0 Å². The molecule has 11 heavy (non-hydrogen) atoms. The molecule has 2 N–H and O–H groups in total. The van der Waals surface area contributed by atoms with Gasteiger partial charge >= 0.3 is 0 Å². The highest BCUT2D eigenvalue weighted by molar-refractivity contribution is 7.99. The van der Waals surface area contributed by atoms with Crippen molar-refractivity contribution in [1.82, 2.24) is 4.90 Å². The summed E-state index contributed by atoms with van der Waals surface area (Å²) in [5.74, 6) is 2.03. The number of hydrogen-bond donors (Lipinski definition) is 1. The Hall–Kier alpha value is -0.220. The number of amides is 1. The lowest BCUT2D eigenvalue weighted by atomic mass is 10.2. The van der Waals surface area contributed by atoms with Crippen molar-refractivity contribution < 1.29 is 4.79 Å². The number of carbonyl (C=O) groups is 1. The van der Waals surface area contributed by atoms with E-state index in [1.165, 1.54) is 0 Å². The molecule has 4 heteroatoms. The minimum Gasteiger partial charge on any atom is -0.368 e. The van der Waals surface area contributed by atoms with E-state index in [2.05, 4.69) is 4.90 Å². The Morgan fingerprint density at radius 1 is 1.55 bits per heavy atom. The summed E-state index contributed by atoms with van der Waals surface area (Å²) in [6.45, 7) is 3.86. The Labute approximate surface area is 71.3 Å². The zero-order chi connectivity index (χ0) is 8.27. The third-order valence-electron chi connectivity index (χ3n) is 2.01. The molecule has 1 aliphatic heterocycles. The summed E-state index contributed by atoms with van der Waals surface area (Å²) in [7, 11) is 0. The Morgan fingerprint density at radius 3 is 2.55 bits per heavy atom. The van der Waals surface area contributed by atoms with Crippen LogP contribution in [0, 0.1) is 0 Å². The van der Waals surface area contributed by atoms with Crippen molar-refractivity contribution in [2.75, 3.05) is 24.6 Å². The molecule has 0 radical (unpaired) electrons. The highest BCUT2D eigenvalue weighted by Crippen LogP contribution is 2.11. The number of thioether (sulfide) groups is 1. The Morgan fingerprint density at radius 2 is 2.09 bits per heavy atom. The van der Waals surface area contributed by atoms with E-state index < -0.39 is 0 Å². The van der Waals surface area contributed by atoms with Crippen molar-refractivity contribution >= 4 is 17.7 Å². The molecule has 0 aromatic carbocycles. The van der Waals surface area contributed by atoms with Crippen LogP contribution in [0.15, 0.2) is 0 Å². The van der Waals surface area contributed by atoms with Gasteiger partial charge in [-0.25, -0.2) is 0 Å². The first-order valence-electron chi connectivity index (χ1n) is 3.83. The highest BCUT2D eigenvalue weighted by Gasteiger charge is 2.20. The maximum Gasteiger partial charge on any atom is 0.234 e. The largest absolute Gasteiger partial charge is 0.368 e. The van der Waals surface area contributed by atoms with E-state index in [1.54, 1.807) is 0 Å². The van der Waals surface area contributed by atoms with E-state index in [4.69, 9.17) is 5.73 Å². The highest BCUT2D eigenvalue weighted by atomic mass is 32.2. The molecule has 1 saturated heterocycles. The number of hydrogen-bond acceptors (Lipinski definition) is 3. The number of rotatable bonds is 2. The molecule has 1 unspecified atom stereocenters. The summed E-state index contributed by atoms with van der Waals surface area (Å²) in [4.78, 5) is 12.9. The third kappa shape index (κ3) is 2.38. The molecule has 1 heterocycles. The first-order valence-corrected chi connectivity index (χ1v) is 4.98. The molecule has 0 saturated carbocycles. The number of nitrogens with two attached hydrogens (primary N) is 1. The standard InChI is InChI=1S/C7H14N2OS/c1-6(7(8)10)9-2-4-11-5-3-9/h6H,2-5H2,1H3,(H2,8,10). The first-order chi connectivity index (χ1) is 5.22. The summed E-state index contributed by atoms with van der Waals surface area (Å²) < 4.78 is 0. The summed E-state index contributed by atoms with van der Waals surface area (Å²) >= 11 is 1.93. The SMILES string of the molecule is CC(C(N)=O)N1CCSCC1. The molecule has 1 amide bonds. The fraction of sp³-hybridized carbons (Fsp3) is 0.857. The van der Waals surface area contributed by atoms with Crippen LogP contribution in [0.2, 0.25) is 0 Å². The van der Waals surface area contributed by atoms with E-state index in [9.17, 15) is 4.79 Å². The average molecular weight is 174 g/mol. The molecule has 1 atom stereocenters. The van der Waals surface area contributed by atoms with Gasteiger partial charge in [0.2, 0.25) is 5.91 Å². The van der Waals surface area contributed by atoms with E-state index in [0.717, 1.165) is 24.6 Å². The zero-order valence-corrected chi connectivity index (χ0v) is 7.56. The van der Waals surface area contributed by atoms with Crippen LogP contribution in [0.1, 0.15) is 6.92 Å². The van der Waals surface area contributed by atoms with E-state index in [1.807, 2.05) is 18.7 Å². The third-order valence-corrected chi connectivity index (χ3v) is 2.95. The predicted molar refractivity (Wildman–Crippen MR) is 47.6 cm³/mol. The van der Waals surface area contributed by atoms with Gasteiger partial charge in [0.1, 0.15) is 0 Å². The maximum absolute atomic E-state index is 10.8. The summed E-state index contributed by atoms with van der Waals surface area (Å²) in [5.41, 5.74) is 5.18.